The van der Waals surface area contributed by atoms with E-state index in [1.165, 1.54) is 6.42 Å². The van der Waals surface area contributed by atoms with E-state index in [-0.39, 0.29) is 0 Å². The van der Waals surface area contributed by atoms with Crippen LogP contribution >= 0.6 is 0 Å². The molecule has 0 bridgehead atoms. The molecule has 0 aromatic carbocycles. The van der Waals surface area contributed by atoms with Crippen molar-refractivity contribution in [1.82, 2.24) is 10.6 Å². The van der Waals surface area contributed by atoms with Crippen LogP contribution in [0.3, 0.4) is 0 Å². The van der Waals surface area contributed by atoms with Crippen molar-refractivity contribution < 1.29 is 0 Å². The van der Waals surface area contributed by atoms with E-state index in [1.807, 2.05) is 0 Å². The Kier molecular flexibility index (Phi) is 11.8. The fourth-order valence-electron chi connectivity index (χ4n) is 1.31. The van der Waals surface area contributed by atoms with Crippen LogP contribution in [0.2, 0.25) is 0 Å². The number of nitrogens with one attached hydrogen (secondary N) is 2. The monoisotopic (exact) mass is 216 g/mol. The maximum Gasteiger partial charge on any atom is 0.00482 e. The molecule has 15 heavy (non-hydrogen) atoms. The molecule has 0 saturated carbocycles. The van der Waals surface area contributed by atoms with Gasteiger partial charge < -0.3 is 22.1 Å². The van der Waals surface area contributed by atoms with Crippen molar-refractivity contribution in [2.24, 2.45) is 11.5 Å². The van der Waals surface area contributed by atoms with Crippen LogP contribution in [0.5, 0.6) is 0 Å². The first-order valence-electron chi connectivity index (χ1n) is 6.18. The highest BCUT2D eigenvalue weighted by Gasteiger charge is 1.97. The maximum atomic E-state index is 5.80. The Balaban J connectivity index is 2.92. The van der Waals surface area contributed by atoms with E-state index in [2.05, 4.69) is 17.6 Å². The van der Waals surface area contributed by atoms with E-state index in [4.69, 9.17) is 11.5 Å². The predicted molar refractivity (Wildman–Crippen MR) is 66.9 cm³/mol. The van der Waals surface area contributed by atoms with Gasteiger partial charge in [-0.2, -0.15) is 0 Å². The summed E-state index contributed by atoms with van der Waals surface area (Å²) in [5, 5.41) is 6.75. The summed E-state index contributed by atoms with van der Waals surface area (Å²) < 4.78 is 0. The van der Waals surface area contributed by atoms with E-state index < -0.39 is 0 Å². The van der Waals surface area contributed by atoms with E-state index in [9.17, 15) is 0 Å². The number of hydrogen-bond acceptors (Lipinski definition) is 4. The Bertz CT molecular complexity index is 119. The number of hydrogen-bond donors (Lipinski definition) is 4. The molecule has 0 rings (SSSR count). The molecule has 0 amide bonds. The Labute approximate surface area is 94.2 Å². The van der Waals surface area contributed by atoms with Crippen molar-refractivity contribution in [2.45, 2.75) is 38.6 Å². The molecule has 6 N–H and O–H groups in total. The molecule has 0 aliphatic rings. The molecule has 1 unspecified atom stereocenters. The third-order valence-corrected chi connectivity index (χ3v) is 2.48. The molecule has 4 heteroatoms. The lowest BCUT2D eigenvalue weighted by Crippen LogP contribution is -2.28. The smallest absolute Gasteiger partial charge is 0.00482 e. The summed E-state index contributed by atoms with van der Waals surface area (Å²) in [6.45, 7) is 7.14. The van der Waals surface area contributed by atoms with Crippen LogP contribution in [0, 0.1) is 0 Å². The fourth-order valence-corrected chi connectivity index (χ4v) is 1.31. The largest absolute Gasteiger partial charge is 0.330 e. The highest BCUT2D eigenvalue weighted by Crippen LogP contribution is 1.90. The molecule has 0 saturated heterocycles. The van der Waals surface area contributed by atoms with Gasteiger partial charge in [0.2, 0.25) is 0 Å². The minimum Gasteiger partial charge on any atom is -0.330 e. The second kappa shape index (κ2) is 11.9. The first kappa shape index (κ1) is 14.8. The molecule has 0 aliphatic carbocycles. The Morgan fingerprint density at radius 2 is 1.60 bits per heavy atom. The summed E-state index contributed by atoms with van der Waals surface area (Å²) in [6.07, 6.45) is 4.39. The van der Waals surface area contributed by atoms with Crippen LogP contribution in [-0.4, -0.2) is 38.8 Å². The molecule has 0 aromatic heterocycles. The highest BCUT2D eigenvalue weighted by atomic mass is 14.9. The molecular weight excluding hydrogens is 188 g/mol. The molecular formula is C11H28N4. The van der Waals surface area contributed by atoms with Gasteiger partial charge in [-0.05, 0) is 58.4 Å². The standard InChI is InChI=1S/C11H28N4/c1-2-11(13)5-10-15-9-4-8-14-7-3-6-12/h11,14-15H,2-10,12-13H2,1H3. The second-order valence-corrected chi connectivity index (χ2v) is 3.95. The Morgan fingerprint density at radius 3 is 2.20 bits per heavy atom. The molecule has 0 aromatic rings. The van der Waals surface area contributed by atoms with Crippen molar-refractivity contribution in [1.29, 1.82) is 0 Å². The van der Waals surface area contributed by atoms with Crippen molar-refractivity contribution >= 4 is 0 Å². The predicted octanol–water partition coefficient (Wildman–Crippen LogP) is 0.0319. The quantitative estimate of drug-likeness (QED) is 0.368. The lowest BCUT2D eigenvalue weighted by Gasteiger charge is -2.09. The van der Waals surface area contributed by atoms with Crippen molar-refractivity contribution in [3.8, 4) is 0 Å². The van der Waals surface area contributed by atoms with Gasteiger partial charge in [-0.25, -0.2) is 0 Å². The van der Waals surface area contributed by atoms with Crippen LogP contribution in [0.15, 0.2) is 0 Å². The van der Waals surface area contributed by atoms with E-state index in [0.29, 0.717) is 6.04 Å². The van der Waals surface area contributed by atoms with Crippen LogP contribution < -0.4 is 22.1 Å². The van der Waals surface area contributed by atoms with Crippen molar-refractivity contribution in [2.75, 3.05) is 32.7 Å². The number of rotatable bonds is 11. The van der Waals surface area contributed by atoms with Gasteiger partial charge in [0.25, 0.3) is 0 Å². The maximum absolute atomic E-state index is 5.80. The van der Waals surface area contributed by atoms with E-state index >= 15 is 0 Å². The van der Waals surface area contributed by atoms with Crippen LogP contribution in [0.25, 0.3) is 0 Å². The zero-order valence-electron chi connectivity index (χ0n) is 10.1. The lowest BCUT2D eigenvalue weighted by molar-refractivity contribution is 0.532. The summed E-state index contributed by atoms with van der Waals surface area (Å²) in [7, 11) is 0. The lowest BCUT2D eigenvalue weighted by atomic mass is 10.2. The van der Waals surface area contributed by atoms with Gasteiger partial charge in [-0.15, -0.1) is 0 Å². The third kappa shape index (κ3) is 11.8. The third-order valence-electron chi connectivity index (χ3n) is 2.48. The molecule has 0 radical (unpaired) electrons. The van der Waals surface area contributed by atoms with Crippen molar-refractivity contribution in [3.63, 3.8) is 0 Å². The first-order valence-corrected chi connectivity index (χ1v) is 6.18. The zero-order chi connectivity index (χ0) is 11.4. The molecule has 0 spiro atoms. The minimum absolute atomic E-state index is 0.361. The molecule has 0 aliphatic heterocycles. The summed E-state index contributed by atoms with van der Waals surface area (Å²) in [5.74, 6) is 0. The summed E-state index contributed by atoms with van der Waals surface area (Å²) in [5.41, 5.74) is 11.2. The van der Waals surface area contributed by atoms with Crippen LogP contribution in [0.4, 0.5) is 0 Å². The van der Waals surface area contributed by atoms with E-state index in [0.717, 1.165) is 52.0 Å². The fraction of sp³-hybridized carbons (Fsp3) is 1.00. The molecule has 0 fully saturated rings. The Hall–Kier alpha value is -0.160. The average molecular weight is 216 g/mol. The van der Waals surface area contributed by atoms with Gasteiger partial charge in [-0.1, -0.05) is 6.92 Å². The zero-order valence-corrected chi connectivity index (χ0v) is 10.1. The molecule has 4 nitrogen and oxygen atoms in total. The van der Waals surface area contributed by atoms with Crippen molar-refractivity contribution in [3.05, 3.63) is 0 Å². The molecule has 1 atom stereocenters. The highest BCUT2D eigenvalue weighted by molar-refractivity contribution is 4.60. The molecule has 92 valence electrons. The van der Waals surface area contributed by atoms with Crippen LogP contribution in [-0.2, 0) is 0 Å². The van der Waals surface area contributed by atoms with E-state index in [1.54, 1.807) is 0 Å². The summed E-state index contributed by atoms with van der Waals surface area (Å²) in [4.78, 5) is 0. The SMILES string of the molecule is CCC(N)CCNCCCNCCCN. The van der Waals surface area contributed by atoms with Gasteiger partial charge in [0.1, 0.15) is 0 Å². The van der Waals surface area contributed by atoms with Gasteiger partial charge in [0.15, 0.2) is 0 Å². The topological polar surface area (TPSA) is 76.1 Å². The average Bonchev–Trinajstić information content (AvgIpc) is 2.26. The Morgan fingerprint density at radius 1 is 1.00 bits per heavy atom. The summed E-state index contributed by atoms with van der Waals surface area (Å²) >= 11 is 0. The molecule has 0 heterocycles. The first-order chi connectivity index (χ1) is 7.31. The normalized spacial score (nSPS) is 13.0. The van der Waals surface area contributed by atoms with Gasteiger partial charge in [0.05, 0.1) is 0 Å². The number of nitrogens with two attached hydrogens (primary N) is 2. The minimum atomic E-state index is 0.361. The van der Waals surface area contributed by atoms with Gasteiger partial charge >= 0.3 is 0 Å². The van der Waals surface area contributed by atoms with Crippen LogP contribution in [0.1, 0.15) is 32.6 Å². The van der Waals surface area contributed by atoms with Gasteiger partial charge in [0, 0.05) is 6.04 Å². The van der Waals surface area contributed by atoms with Gasteiger partial charge in [-0.3, -0.25) is 0 Å². The second-order valence-electron chi connectivity index (χ2n) is 3.95. The summed E-state index contributed by atoms with van der Waals surface area (Å²) in [6, 6.07) is 0.361.